The van der Waals surface area contributed by atoms with Gasteiger partial charge in [0.15, 0.2) is 0 Å². The highest BCUT2D eigenvalue weighted by atomic mass is 19.4. The summed E-state index contributed by atoms with van der Waals surface area (Å²) in [5, 5.41) is 2.51. The van der Waals surface area contributed by atoms with Gasteiger partial charge in [0.2, 0.25) is 0 Å². The van der Waals surface area contributed by atoms with Crippen LogP contribution in [0.2, 0.25) is 0 Å². The Labute approximate surface area is 220 Å². The average molecular weight is 532 g/mol. The molecule has 0 spiro atoms. The van der Waals surface area contributed by atoms with E-state index in [1.54, 1.807) is 12.0 Å². The first-order chi connectivity index (χ1) is 18.1. The Bertz CT molecular complexity index is 1160. The standard InChI is InChI=1S/C29H33F4N3O2/c1-20-22(9-6-10-27(20)38-2)19-35-13-11-26(12-14-35)36(18-21-7-4-3-5-8-21)28(37)34-25-16-23(29(31,32)33)15-24(30)17-25/h3-10,15-17,20,22,26H,11-14,18-19H2,1-2H3,(H,34,37). The van der Waals surface area contributed by atoms with Gasteiger partial charge in [0.25, 0.3) is 0 Å². The first-order valence-electron chi connectivity index (χ1n) is 12.8. The molecule has 9 heteroatoms. The van der Waals surface area contributed by atoms with Gasteiger partial charge in [-0.2, -0.15) is 13.2 Å². The number of nitrogens with zero attached hydrogens (tertiary/aromatic N) is 2. The lowest BCUT2D eigenvalue weighted by Gasteiger charge is -2.40. The molecule has 4 rings (SSSR count). The number of benzene rings is 2. The van der Waals surface area contributed by atoms with Crippen LogP contribution in [-0.2, 0) is 17.5 Å². The number of methoxy groups -OCH3 is 1. The predicted octanol–water partition coefficient (Wildman–Crippen LogP) is 6.70. The Morgan fingerprint density at radius 2 is 1.84 bits per heavy atom. The molecule has 0 aromatic heterocycles. The first kappa shape index (κ1) is 27.7. The molecule has 1 N–H and O–H groups in total. The van der Waals surface area contributed by atoms with Gasteiger partial charge in [-0.25, -0.2) is 9.18 Å². The number of hydrogen-bond donors (Lipinski definition) is 1. The average Bonchev–Trinajstić information content (AvgIpc) is 2.89. The van der Waals surface area contributed by atoms with Crippen LogP contribution in [0.25, 0.3) is 0 Å². The van der Waals surface area contributed by atoms with E-state index in [-0.39, 0.29) is 17.6 Å². The van der Waals surface area contributed by atoms with Crippen LogP contribution < -0.4 is 5.32 Å². The number of rotatable bonds is 7. The number of anilines is 1. The molecule has 2 aromatic rings. The Hall–Kier alpha value is -3.33. The van der Waals surface area contributed by atoms with Crippen molar-refractivity contribution in [1.29, 1.82) is 0 Å². The minimum Gasteiger partial charge on any atom is -0.501 e. The molecular weight excluding hydrogens is 498 g/mol. The molecule has 1 fully saturated rings. The summed E-state index contributed by atoms with van der Waals surface area (Å²) >= 11 is 0. The molecule has 2 aromatic carbocycles. The second kappa shape index (κ2) is 12.0. The van der Waals surface area contributed by atoms with Gasteiger partial charge in [-0.1, -0.05) is 49.4 Å². The quantitative estimate of drug-likeness (QED) is 0.405. The van der Waals surface area contributed by atoms with Gasteiger partial charge >= 0.3 is 12.2 Å². The van der Waals surface area contributed by atoms with E-state index in [9.17, 15) is 22.4 Å². The summed E-state index contributed by atoms with van der Waals surface area (Å²) in [5.41, 5.74) is -0.466. The number of carbonyl (C=O) groups excluding carboxylic acids is 1. The molecule has 2 amide bonds. The number of urea groups is 1. The molecular formula is C29H33F4N3O2. The third kappa shape index (κ3) is 6.95. The van der Waals surface area contributed by atoms with E-state index >= 15 is 0 Å². The second-order valence-corrected chi connectivity index (χ2v) is 9.91. The molecule has 204 valence electrons. The maximum absolute atomic E-state index is 13.9. The number of allylic oxidation sites excluding steroid dienone is 3. The monoisotopic (exact) mass is 531 g/mol. The zero-order valence-electron chi connectivity index (χ0n) is 21.5. The SMILES string of the molecule is COC1=CC=CC(CN2CCC(N(Cc3ccccc3)C(=O)Nc3cc(F)cc(C(F)(F)F)c3)CC2)C1C. The number of alkyl halides is 3. The van der Waals surface area contributed by atoms with Gasteiger partial charge < -0.3 is 19.9 Å². The maximum Gasteiger partial charge on any atom is 0.416 e. The first-order valence-corrected chi connectivity index (χ1v) is 12.8. The van der Waals surface area contributed by atoms with E-state index in [0.717, 1.165) is 55.9 Å². The summed E-state index contributed by atoms with van der Waals surface area (Å²) in [7, 11) is 1.68. The Morgan fingerprint density at radius 3 is 2.50 bits per heavy atom. The lowest BCUT2D eigenvalue weighted by Crippen LogP contribution is -2.49. The van der Waals surface area contributed by atoms with Gasteiger partial charge in [-0.3, -0.25) is 0 Å². The third-order valence-corrected chi connectivity index (χ3v) is 7.35. The van der Waals surface area contributed by atoms with E-state index in [4.69, 9.17) is 4.74 Å². The largest absolute Gasteiger partial charge is 0.501 e. The minimum absolute atomic E-state index is 0.115. The van der Waals surface area contributed by atoms with Crippen molar-refractivity contribution in [3.63, 3.8) is 0 Å². The number of piperidine rings is 1. The minimum atomic E-state index is -4.72. The zero-order chi connectivity index (χ0) is 27.3. The number of carbonyl (C=O) groups is 1. The van der Waals surface area contributed by atoms with Gasteiger partial charge in [-0.05, 0) is 48.6 Å². The highest BCUT2D eigenvalue weighted by Crippen LogP contribution is 2.32. The van der Waals surface area contributed by atoms with Crippen LogP contribution in [0.5, 0.6) is 0 Å². The van der Waals surface area contributed by atoms with Gasteiger partial charge in [0, 0.05) is 43.8 Å². The van der Waals surface area contributed by atoms with Crippen molar-refractivity contribution in [2.24, 2.45) is 11.8 Å². The summed E-state index contributed by atoms with van der Waals surface area (Å²) in [5.74, 6) is 0.501. The highest BCUT2D eigenvalue weighted by Gasteiger charge is 2.33. The lowest BCUT2D eigenvalue weighted by atomic mass is 9.87. The van der Waals surface area contributed by atoms with Gasteiger partial charge in [0.1, 0.15) is 5.82 Å². The molecule has 0 radical (unpaired) electrons. The molecule has 1 heterocycles. The molecule has 2 aliphatic rings. The van der Waals surface area contributed by atoms with E-state index < -0.39 is 23.6 Å². The van der Waals surface area contributed by atoms with Crippen LogP contribution in [0.3, 0.4) is 0 Å². The van der Waals surface area contributed by atoms with E-state index in [2.05, 4.69) is 23.2 Å². The molecule has 1 saturated heterocycles. The summed E-state index contributed by atoms with van der Waals surface area (Å²) in [4.78, 5) is 17.4. The summed E-state index contributed by atoms with van der Waals surface area (Å²) in [6, 6.07) is 10.8. The molecule has 1 aliphatic heterocycles. The van der Waals surface area contributed by atoms with Crippen molar-refractivity contribution in [2.75, 3.05) is 32.1 Å². The highest BCUT2D eigenvalue weighted by molar-refractivity contribution is 5.89. The summed E-state index contributed by atoms with van der Waals surface area (Å²) < 4.78 is 59.0. The fourth-order valence-electron chi connectivity index (χ4n) is 5.17. The van der Waals surface area contributed by atoms with Crippen molar-refractivity contribution in [1.82, 2.24) is 9.80 Å². The van der Waals surface area contributed by atoms with Crippen LogP contribution in [-0.4, -0.2) is 48.6 Å². The normalized spacial score (nSPS) is 20.6. The van der Waals surface area contributed by atoms with Crippen LogP contribution >= 0.6 is 0 Å². The fraction of sp³-hybridized carbons (Fsp3) is 0.414. The molecule has 5 nitrogen and oxygen atoms in total. The van der Waals surface area contributed by atoms with Crippen LogP contribution in [0.1, 0.15) is 30.9 Å². The number of likely N-dealkylation sites (tertiary alicyclic amines) is 1. The molecule has 2 atom stereocenters. The maximum atomic E-state index is 13.9. The van der Waals surface area contributed by atoms with E-state index in [1.165, 1.54) is 0 Å². The van der Waals surface area contributed by atoms with Crippen LogP contribution in [0, 0.1) is 17.7 Å². The third-order valence-electron chi connectivity index (χ3n) is 7.35. The predicted molar refractivity (Wildman–Crippen MR) is 139 cm³/mol. The van der Waals surface area contributed by atoms with Crippen molar-refractivity contribution >= 4 is 11.7 Å². The Kier molecular flexibility index (Phi) is 8.76. The summed E-state index contributed by atoms with van der Waals surface area (Å²) in [6.45, 7) is 4.89. The van der Waals surface area contributed by atoms with Crippen molar-refractivity contribution in [2.45, 2.75) is 38.5 Å². The molecule has 1 aliphatic carbocycles. The van der Waals surface area contributed by atoms with E-state index in [1.807, 2.05) is 42.5 Å². The topological polar surface area (TPSA) is 44.8 Å². The molecule has 0 bridgehead atoms. The van der Waals surface area contributed by atoms with Crippen molar-refractivity contribution in [3.8, 4) is 0 Å². The smallest absolute Gasteiger partial charge is 0.416 e. The van der Waals surface area contributed by atoms with Crippen LogP contribution in [0.4, 0.5) is 28.0 Å². The number of hydrogen-bond acceptors (Lipinski definition) is 3. The van der Waals surface area contributed by atoms with E-state index in [0.29, 0.717) is 18.5 Å². The van der Waals surface area contributed by atoms with Crippen molar-refractivity contribution in [3.05, 3.63) is 89.5 Å². The summed E-state index contributed by atoms with van der Waals surface area (Å²) in [6.07, 6.45) is 2.93. The fourth-order valence-corrected chi connectivity index (χ4v) is 5.17. The molecule has 38 heavy (non-hydrogen) atoms. The number of amides is 2. The Morgan fingerprint density at radius 1 is 1.13 bits per heavy atom. The molecule has 2 unspecified atom stereocenters. The van der Waals surface area contributed by atoms with Crippen molar-refractivity contribution < 1.29 is 27.1 Å². The number of halogens is 4. The second-order valence-electron chi connectivity index (χ2n) is 9.91. The van der Waals surface area contributed by atoms with Crippen LogP contribution in [0.15, 0.2) is 72.5 Å². The molecule has 0 saturated carbocycles. The van der Waals surface area contributed by atoms with Gasteiger partial charge in [-0.15, -0.1) is 0 Å². The lowest BCUT2D eigenvalue weighted by molar-refractivity contribution is -0.137. The zero-order valence-corrected chi connectivity index (χ0v) is 21.5. The Balaban J connectivity index is 1.45. The number of ether oxygens (including phenoxy) is 1. The number of nitrogens with one attached hydrogen (secondary N) is 1. The van der Waals surface area contributed by atoms with Gasteiger partial charge in [0.05, 0.1) is 18.4 Å².